The van der Waals surface area contributed by atoms with Gasteiger partial charge in [-0.05, 0) is 49.6 Å². The highest BCUT2D eigenvalue weighted by molar-refractivity contribution is 14.0. The van der Waals surface area contributed by atoms with E-state index in [4.69, 9.17) is 0 Å². The molecule has 0 amide bonds. The molecule has 4 nitrogen and oxygen atoms in total. The second-order valence-corrected chi connectivity index (χ2v) is 7.01. The van der Waals surface area contributed by atoms with Gasteiger partial charge in [0, 0.05) is 43.5 Å². The van der Waals surface area contributed by atoms with Crippen LogP contribution in [0.25, 0.3) is 0 Å². The number of aliphatic imine (C=N–C) groups is 1. The zero-order chi connectivity index (χ0) is 20.8. The normalized spacial score (nSPS) is 16.4. The maximum absolute atomic E-state index is 13.8. The fourth-order valence-electron chi connectivity index (χ4n) is 3.33. The lowest BCUT2D eigenvalue weighted by atomic mass is 10.1. The molecule has 0 radical (unpaired) electrons. The Morgan fingerprint density at radius 2 is 1.80 bits per heavy atom. The van der Waals surface area contributed by atoms with Crippen LogP contribution >= 0.6 is 24.0 Å². The van der Waals surface area contributed by atoms with Crippen molar-refractivity contribution < 1.29 is 17.6 Å². The molecule has 1 aliphatic rings. The largest absolute Gasteiger partial charge is 0.371 e. The molecular formula is C21H25F4IN4. The van der Waals surface area contributed by atoms with Crippen molar-refractivity contribution in [2.45, 2.75) is 19.9 Å². The van der Waals surface area contributed by atoms with E-state index in [1.54, 1.807) is 6.07 Å². The van der Waals surface area contributed by atoms with Crippen LogP contribution in [0.15, 0.2) is 41.4 Å². The number of hydrogen-bond donors (Lipinski definition) is 2. The van der Waals surface area contributed by atoms with Crippen LogP contribution in [-0.2, 0) is 6.54 Å². The number of benzene rings is 2. The molecule has 164 valence electrons. The van der Waals surface area contributed by atoms with Gasteiger partial charge >= 0.3 is 0 Å². The van der Waals surface area contributed by atoms with E-state index < -0.39 is 23.3 Å². The average Bonchev–Trinajstić information content (AvgIpc) is 3.17. The predicted octanol–water partition coefficient (Wildman–Crippen LogP) is 4.44. The molecule has 30 heavy (non-hydrogen) atoms. The van der Waals surface area contributed by atoms with E-state index in [9.17, 15) is 17.6 Å². The van der Waals surface area contributed by atoms with E-state index in [0.29, 0.717) is 31.3 Å². The summed E-state index contributed by atoms with van der Waals surface area (Å²) < 4.78 is 53.6. The average molecular weight is 536 g/mol. The monoisotopic (exact) mass is 536 g/mol. The standard InChI is InChI=1S/C21H24F4N4.HI/c1-2-26-21(28-12-15-9-16(22)3-5-18(15)23)27-11-14-7-8-29(13-14)17-4-6-19(24)20(25)10-17;/h3-6,9-10,14H,2,7-8,11-13H2,1H3,(H2,26,27,28);1H. The molecule has 0 aliphatic carbocycles. The van der Waals surface area contributed by atoms with Crippen molar-refractivity contribution in [1.82, 2.24) is 10.6 Å². The van der Waals surface area contributed by atoms with Gasteiger partial charge in [-0.1, -0.05) is 0 Å². The van der Waals surface area contributed by atoms with Crippen LogP contribution in [0.5, 0.6) is 0 Å². The van der Waals surface area contributed by atoms with Crippen LogP contribution in [0.1, 0.15) is 18.9 Å². The number of anilines is 1. The van der Waals surface area contributed by atoms with Gasteiger partial charge in [0.05, 0.1) is 6.54 Å². The Balaban J connectivity index is 0.00000320. The number of nitrogens with zero attached hydrogens (tertiary/aromatic N) is 2. The highest BCUT2D eigenvalue weighted by atomic mass is 127. The first-order valence-corrected chi connectivity index (χ1v) is 9.62. The highest BCUT2D eigenvalue weighted by Gasteiger charge is 2.23. The first kappa shape index (κ1) is 24.2. The highest BCUT2D eigenvalue weighted by Crippen LogP contribution is 2.25. The zero-order valence-electron chi connectivity index (χ0n) is 16.6. The molecule has 3 rings (SSSR count). The summed E-state index contributed by atoms with van der Waals surface area (Å²) in [6.45, 7) is 4.64. The lowest BCUT2D eigenvalue weighted by Gasteiger charge is -2.19. The van der Waals surface area contributed by atoms with E-state index >= 15 is 0 Å². The second kappa shape index (κ2) is 11.4. The molecule has 9 heteroatoms. The number of hydrogen-bond acceptors (Lipinski definition) is 2. The van der Waals surface area contributed by atoms with Crippen molar-refractivity contribution in [3.63, 3.8) is 0 Å². The Kier molecular flexibility index (Phi) is 9.19. The van der Waals surface area contributed by atoms with Gasteiger partial charge in [-0.25, -0.2) is 22.6 Å². The lowest BCUT2D eigenvalue weighted by molar-refractivity contribution is 0.508. The fourth-order valence-corrected chi connectivity index (χ4v) is 3.33. The number of nitrogens with one attached hydrogen (secondary N) is 2. The molecular weight excluding hydrogens is 511 g/mol. The Hall–Kier alpha value is -2.04. The molecule has 1 unspecified atom stereocenters. The van der Waals surface area contributed by atoms with Crippen LogP contribution in [0.4, 0.5) is 23.2 Å². The summed E-state index contributed by atoms with van der Waals surface area (Å²) in [7, 11) is 0. The molecule has 1 saturated heterocycles. The van der Waals surface area contributed by atoms with Crippen LogP contribution in [0.3, 0.4) is 0 Å². The van der Waals surface area contributed by atoms with Crippen LogP contribution in [-0.4, -0.2) is 32.1 Å². The molecule has 1 aliphatic heterocycles. The predicted molar refractivity (Wildman–Crippen MR) is 121 cm³/mol. The van der Waals surface area contributed by atoms with Crippen molar-refractivity contribution in [3.05, 3.63) is 65.2 Å². The number of guanidine groups is 1. The zero-order valence-corrected chi connectivity index (χ0v) is 18.9. The van der Waals surface area contributed by atoms with Gasteiger partial charge in [-0.3, -0.25) is 0 Å². The smallest absolute Gasteiger partial charge is 0.191 e. The minimum Gasteiger partial charge on any atom is -0.371 e. The second-order valence-electron chi connectivity index (χ2n) is 7.01. The molecule has 0 bridgehead atoms. The summed E-state index contributed by atoms with van der Waals surface area (Å²) in [4.78, 5) is 6.34. The van der Waals surface area contributed by atoms with Crippen LogP contribution in [0.2, 0.25) is 0 Å². The first-order chi connectivity index (χ1) is 14.0. The summed E-state index contributed by atoms with van der Waals surface area (Å²) >= 11 is 0. The van der Waals surface area contributed by atoms with Crippen LogP contribution in [0, 0.1) is 29.2 Å². The van der Waals surface area contributed by atoms with Gasteiger partial charge in [0.1, 0.15) is 11.6 Å². The molecule has 0 aromatic heterocycles. The van der Waals surface area contributed by atoms with Gasteiger partial charge in [-0.2, -0.15) is 0 Å². The van der Waals surface area contributed by atoms with E-state index in [-0.39, 0.29) is 42.0 Å². The lowest BCUT2D eigenvalue weighted by Crippen LogP contribution is -2.40. The maximum Gasteiger partial charge on any atom is 0.191 e. The third-order valence-corrected chi connectivity index (χ3v) is 4.87. The summed E-state index contributed by atoms with van der Waals surface area (Å²) in [5, 5.41) is 6.31. The number of halogens is 5. The Morgan fingerprint density at radius 1 is 1.03 bits per heavy atom. The van der Waals surface area contributed by atoms with Gasteiger partial charge in [0.15, 0.2) is 17.6 Å². The topological polar surface area (TPSA) is 39.7 Å². The third kappa shape index (κ3) is 6.48. The molecule has 1 heterocycles. The van der Waals surface area contributed by atoms with E-state index in [1.165, 1.54) is 6.07 Å². The van der Waals surface area contributed by atoms with Gasteiger partial charge in [-0.15, -0.1) is 24.0 Å². The number of rotatable bonds is 6. The molecule has 1 atom stereocenters. The Bertz CT molecular complexity index is 878. The molecule has 2 aromatic rings. The van der Waals surface area contributed by atoms with Gasteiger partial charge in [0.25, 0.3) is 0 Å². The summed E-state index contributed by atoms with van der Waals surface area (Å²) in [6.07, 6.45) is 0.893. The van der Waals surface area contributed by atoms with Gasteiger partial charge < -0.3 is 15.5 Å². The van der Waals surface area contributed by atoms with Crippen molar-refractivity contribution in [1.29, 1.82) is 0 Å². The summed E-state index contributed by atoms with van der Waals surface area (Å²) in [5.74, 6) is -1.90. The van der Waals surface area contributed by atoms with Crippen molar-refractivity contribution >= 4 is 35.6 Å². The SMILES string of the molecule is CCNC(=NCc1cc(F)ccc1F)NCC1CCN(c2ccc(F)c(F)c2)C1.I. The van der Waals surface area contributed by atoms with Crippen molar-refractivity contribution in [2.75, 3.05) is 31.1 Å². The van der Waals surface area contributed by atoms with Crippen molar-refractivity contribution in [3.8, 4) is 0 Å². The summed E-state index contributed by atoms with van der Waals surface area (Å²) in [6, 6.07) is 7.23. The Morgan fingerprint density at radius 3 is 2.53 bits per heavy atom. The molecule has 1 fully saturated rings. The molecule has 0 saturated carbocycles. The Labute approximate surface area is 190 Å². The third-order valence-electron chi connectivity index (χ3n) is 4.87. The van der Waals surface area contributed by atoms with E-state index in [2.05, 4.69) is 15.6 Å². The van der Waals surface area contributed by atoms with Gasteiger partial charge in [0.2, 0.25) is 0 Å². The maximum atomic E-state index is 13.8. The summed E-state index contributed by atoms with van der Waals surface area (Å²) in [5.41, 5.74) is 0.848. The van der Waals surface area contributed by atoms with Crippen molar-refractivity contribution in [2.24, 2.45) is 10.9 Å². The minimum absolute atomic E-state index is 0. The molecule has 2 aromatic carbocycles. The molecule has 0 spiro atoms. The quantitative estimate of drug-likeness (QED) is 0.248. The minimum atomic E-state index is -0.854. The van der Waals surface area contributed by atoms with E-state index in [0.717, 1.165) is 37.2 Å². The first-order valence-electron chi connectivity index (χ1n) is 9.62. The fraction of sp³-hybridized carbons (Fsp3) is 0.381. The van der Waals surface area contributed by atoms with E-state index in [1.807, 2.05) is 11.8 Å². The van der Waals surface area contributed by atoms with Crippen LogP contribution < -0.4 is 15.5 Å². The molecule has 2 N–H and O–H groups in total.